The Bertz CT molecular complexity index is 700. The quantitative estimate of drug-likeness (QED) is 0.914. The Labute approximate surface area is 129 Å². The minimum atomic E-state index is -4.42. The number of aromatic carboxylic acids is 1. The number of hydrogen-bond donors (Lipinski definition) is 1. The Morgan fingerprint density at radius 3 is 2.43 bits per heavy atom. The Kier molecular flexibility index (Phi) is 4.95. The van der Waals surface area contributed by atoms with Crippen LogP contribution in [0.4, 0.5) is 13.2 Å². The number of ether oxygens (including phenoxy) is 1. The minimum absolute atomic E-state index is 0.0577. The molecule has 1 aromatic heterocycles. The Hall–Kier alpha value is -2.48. The van der Waals surface area contributed by atoms with Crippen LogP contribution in [0.1, 0.15) is 21.6 Å². The summed E-state index contributed by atoms with van der Waals surface area (Å²) in [4.78, 5) is 19.2. The van der Waals surface area contributed by atoms with Crippen LogP contribution in [0.3, 0.4) is 0 Å². The highest BCUT2D eigenvalue weighted by Crippen LogP contribution is 2.30. The van der Waals surface area contributed by atoms with Gasteiger partial charge in [-0.2, -0.15) is 13.2 Å². The zero-order valence-electron chi connectivity index (χ0n) is 12.1. The molecule has 1 N–H and O–H groups in total. The molecule has 0 amide bonds. The van der Waals surface area contributed by atoms with Crippen LogP contribution in [-0.2, 0) is 17.3 Å². The Balaban J connectivity index is 2.37. The highest BCUT2D eigenvalue weighted by atomic mass is 19.4. The lowest BCUT2D eigenvalue weighted by Gasteiger charge is -2.09. The lowest BCUT2D eigenvalue weighted by molar-refractivity contribution is -0.137. The molecule has 0 radical (unpaired) electrons. The van der Waals surface area contributed by atoms with Crippen molar-refractivity contribution in [1.29, 1.82) is 0 Å². The van der Waals surface area contributed by atoms with Crippen LogP contribution >= 0.6 is 0 Å². The van der Waals surface area contributed by atoms with Gasteiger partial charge in [-0.3, -0.25) is 0 Å². The first-order valence-corrected chi connectivity index (χ1v) is 6.58. The molecule has 0 aliphatic carbocycles. The molecular weight excluding hydrogens is 313 g/mol. The molecule has 0 bridgehead atoms. The fourth-order valence-electron chi connectivity index (χ4n) is 1.93. The monoisotopic (exact) mass is 326 g/mol. The lowest BCUT2D eigenvalue weighted by atomic mass is 10.1. The fourth-order valence-corrected chi connectivity index (χ4v) is 1.93. The summed E-state index contributed by atoms with van der Waals surface area (Å²) in [6.45, 7) is 0.268. The van der Waals surface area contributed by atoms with Crippen LogP contribution in [0.15, 0.2) is 30.5 Å². The van der Waals surface area contributed by atoms with E-state index in [9.17, 15) is 18.0 Å². The third-order valence-corrected chi connectivity index (χ3v) is 3.11. The molecule has 0 spiro atoms. The number of carboxylic acids is 1. The average molecular weight is 326 g/mol. The molecule has 23 heavy (non-hydrogen) atoms. The predicted molar refractivity (Wildman–Crippen MR) is 75.0 cm³/mol. The number of carboxylic acid groups (broad SMARTS) is 1. The van der Waals surface area contributed by atoms with E-state index in [1.807, 2.05) is 0 Å². The first-order valence-electron chi connectivity index (χ1n) is 6.58. The van der Waals surface area contributed by atoms with Crippen molar-refractivity contribution in [2.45, 2.75) is 12.6 Å². The summed E-state index contributed by atoms with van der Waals surface area (Å²) in [6, 6.07) is 4.36. The number of halogens is 3. The van der Waals surface area contributed by atoms with Crippen molar-refractivity contribution in [3.63, 3.8) is 0 Å². The molecule has 5 nitrogen and oxygen atoms in total. The standard InChI is InChI=1S/C15H13F3N2O3/c1-23-7-6-12-11(14(21)22)8-19-13(20-12)9-2-4-10(5-3-9)15(16,17)18/h2-5,8H,6-7H2,1H3,(H,21,22). The van der Waals surface area contributed by atoms with Crippen molar-refractivity contribution in [1.82, 2.24) is 9.97 Å². The summed E-state index contributed by atoms with van der Waals surface area (Å²) in [6.07, 6.45) is -3.02. The normalized spacial score (nSPS) is 11.5. The second kappa shape index (κ2) is 6.74. The Morgan fingerprint density at radius 1 is 1.26 bits per heavy atom. The Morgan fingerprint density at radius 2 is 1.91 bits per heavy atom. The SMILES string of the molecule is COCCc1nc(-c2ccc(C(F)(F)F)cc2)ncc1C(=O)O. The summed E-state index contributed by atoms with van der Waals surface area (Å²) >= 11 is 0. The van der Waals surface area contributed by atoms with Crippen molar-refractivity contribution in [3.05, 3.63) is 47.3 Å². The number of rotatable bonds is 5. The lowest BCUT2D eigenvalue weighted by Crippen LogP contribution is -2.10. The molecule has 0 atom stereocenters. The second-order valence-electron chi connectivity index (χ2n) is 4.68. The van der Waals surface area contributed by atoms with Crippen LogP contribution in [-0.4, -0.2) is 34.8 Å². The van der Waals surface area contributed by atoms with Gasteiger partial charge < -0.3 is 9.84 Å². The smallest absolute Gasteiger partial charge is 0.416 e. The van der Waals surface area contributed by atoms with Crippen LogP contribution < -0.4 is 0 Å². The number of methoxy groups -OCH3 is 1. The molecule has 8 heteroatoms. The van der Waals surface area contributed by atoms with Gasteiger partial charge in [0.1, 0.15) is 0 Å². The van der Waals surface area contributed by atoms with Crippen LogP contribution in [0.5, 0.6) is 0 Å². The van der Waals surface area contributed by atoms with Gasteiger partial charge in [0.15, 0.2) is 5.82 Å². The highest BCUT2D eigenvalue weighted by molar-refractivity contribution is 5.88. The molecule has 0 aliphatic heterocycles. The summed E-state index contributed by atoms with van der Waals surface area (Å²) in [5, 5.41) is 9.11. The molecule has 2 aromatic rings. The molecule has 2 rings (SSSR count). The molecule has 0 saturated carbocycles. The number of aromatic nitrogens is 2. The largest absolute Gasteiger partial charge is 0.478 e. The summed E-state index contributed by atoms with van der Waals surface area (Å²) < 4.78 is 42.6. The van der Waals surface area contributed by atoms with E-state index in [1.165, 1.54) is 19.2 Å². The molecular formula is C15H13F3N2O3. The number of carbonyl (C=O) groups is 1. The maximum absolute atomic E-state index is 12.6. The van der Waals surface area contributed by atoms with E-state index in [0.29, 0.717) is 5.56 Å². The van der Waals surface area contributed by atoms with E-state index in [1.54, 1.807) is 0 Å². The summed E-state index contributed by atoms with van der Waals surface area (Å²) in [5.74, 6) is -1.01. The topological polar surface area (TPSA) is 72.3 Å². The number of benzene rings is 1. The van der Waals surface area contributed by atoms with Gasteiger partial charge in [0.25, 0.3) is 0 Å². The van der Waals surface area contributed by atoms with Gasteiger partial charge in [0.05, 0.1) is 23.4 Å². The average Bonchev–Trinajstić information content (AvgIpc) is 2.51. The van der Waals surface area contributed by atoms with Gasteiger partial charge >= 0.3 is 12.1 Å². The van der Waals surface area contributed by atoms with Crippen molar-refractivity contribution in [2.75, 3.05) is 13.7 Å². The van der Waals surface area contributed by atoms with E-state index in [2.05, 4.69) is 9.97 Å². The van der Waals surface area contributed by atoms with Gasteiger partial charge in [-0.1, -0.05) is 12.1 Å². The summed E-state index contributed by atoms with van der Waals surface area (Å²) in [5.41, 5.74) is -0.196. The molecule has 0 saturated heterocycles. The van der Waals surface area contributed by atoms with Gasteiger partial charge in [-0.25, -0.2) is 14.8 Å². The van der Waals surface area contributed by atoms with Crippen LogP contribution in [0.2, 0.25) is 0 Å². The van der Waals surface area contributed by atoms with E-state index in [4.69, 9.17) is 9.84 Å². The first-order chi connectivity index (χ1) is 10.8. The van der Waals surface area contributed by atoms with Crippen molar-refractivity contribution < 1.29 is 27.8 Å². The number of hydrogen-bond acceptors (Lipinski definition) is 4. The molecule has 1 heterocycles. The molecule has 0 aliphatic rings. The third-order valence-electron chi connectivity index (χ3n) is 3.11. The number of nitrogens with zero attached hydrogens (tertiary/aromatic N) is 2. The van der Waals surface area contributed by atoms with Crippen LogP contribution in [0, 0.1) is 0 Å². The second-order valence-corrected chi connectivity index (χ2v) is 4.68. The van der Waals surface area contributed by atoms with Gasteiger partial charge in [-0.05, 0) is 12.1 Å². The summed E-state index contributed by atoms with van der Waals surface area (Å²) in [7, 11) is 1.47. The van der Waals surface area contributed by atoms with E-state index < -0.39 is 17.7 Å². The predicted octanol–water partition coefficient (Wildman–Crippen LogP) is 3.05. The molecule has 1 aromatic carbocycles. The number of alkyl halides is 3. The first kappa shape index (κ1) is 16.9. The van der Waals surface area contributed by atoms with E-state index >= 15 is 0 Å². The zero-order chi connectivity index (χ0) is 17.0. The third kappa shape index (κ3) is 4.04. The van der Waals surface area contributed by atoms with E-state index in [-0.39, 0.29) is 30.1 Å². The minimum Gasteiger partial charge on any atom is -0.478 e. The van der Waals surface area contributed by atoms with Crippen molar-refractivity contribution in [2.24, 2.45) is 0 Å². The van der Waals surface area contributed by atoms with Gasteiger partial charge in [-0.15, -0.1) is 0 Å². The maximum Gasteiger partial charge on any atom is 0.416 e. The molecule has 0 fully saturated rings. The van der Waals surface area contributed by atoms with E-state index in [0.717, 1.165) is 18.3 Å². The van der Waals surface area contributed by atoms with Crippen molar-refractivity contribution in [3.8, 4) is 11.4 Å². The highest BCUT2D eigenvalue weighted by Gasteiger charge is 2.30. The maximum atomic E-state index is 12.6. The zero-order valence-corrected chi connectivity index (χ0v) is 12.1. The molecule has 0 unspecified atom stereocenters. The molecule has 122 valence electrons. The van der Waals surface area contributed by atoms with Crippen LogP contribution in [0.25, 0.3) is 11.4 Å². The fraction of sp³-hybridized carbons (Fsp3) is 0.267. The van der Waals surface area contributed by atoms with Gasteiger partial charge in [0.2, 0.25) is 0 Å². The van der Waals surface area contributed by atoms with Gasteiger partial charge in [0, 0.05) is 25.3 Å². The van der Waals surface area contributed by atoms with Crippen molar-refractivity contribution >= 4 is 5.97 Å².